The van der Waals surface area contributed by atoms with Gasteiger partial charge < -0.3 is 10.2 Å². The van der Waals surface area contributed by atoms with Crippen LogP contribution in [0.1, 0.15) is 37.3 Å². The van der Waals surface area contributed by atoms with E-state index in [9.17, 15) is 10.2 Å². The van der Waals surface area contributed by atoms with Gasteiger partial charge in [-0.1, -0.05) is 30.7 Å². The number of benzene rings is 2. The third kappa shape index (κ3) is 4.32. The highest BCUT2D eigenvalue weighted by molar-refractivity contribution is 6.01. The summed E-state index contributed by atoms with van der Waals surface area (Å²) in [5.74, 6) is 0.956. The number of nitrogens with one attached hydrogen (secondary N) is 1. The summed E-state index contributed by atoms with van der Waals surface area (Å²) in [4.78, 5) is 6.95. The summed E-state index contributed by atoms with van der Waals surface area (Å²) < 4.78 is 0. The molecule has 0 spiro atoms. The minimum Gasteiger partial charge on any atom is -0.507 e. The van der Waals surface area contributed by atoms with Crippen molar-refractivity contribution in [1.82, 2.24) is 9.88 Å². The predicted molar refractivity (Wildman–Crippen MR) is 116 cm³/mol. The van der Waals surface area contributed by atoms with Crippen molar-refractivity contribution in [3.63, 3.8) is 0 Å². The molecule has 1 aromatic heterocycles. The average molecular weight is 390 g/mol. The molecule has 0 amide bonds. The van der Waals surface area contributed by atoms with Crippen molar-refractivity contribution in [3.05, 3.63) is 59.7 Å². The number of phenols is 2. The first kappa shape index (κ1) is 19.2. The Morgan fingerprint density at radius 2 is 1.79 bits per heavy atom. The summed E-state index contributed by atoms with van der Waals surface area (Å²) in [6, 6.07) is 14.8. The molecule has 1 aliphatic heterocycles. The van der Waals surface area contributed by atoms with Gasteiger partial charge in [0.1, 0.15) is 22.8 Å². The first-order valence-electron chi connectivity index (χ1n) is 10.0. The number of nitrogens with zero attached hydrogens (tertiary/aromatic N) is 3. The Labute approximate surface area is 170 Å². The topological polar surface area (TPSA) is 81.0 Å². The molecular formula is C23H26N4O2. The highest BCUT2D eigenvalue weighted by Crippen LogP contribution is 2.30. The van der Waals surface area contributed by atoms with Gasteiger partial charge in [0.2, 0.25) is 0 Å². The maximum Gasteiger partial charge on any atom is 0.147 e. The van der Waals surface area contributed by atoms with Gasteiger partial charge in [0, 0.05) is 23.1 Å². The van der Waals surface area contributed by atoms with Gasteiger partial charge in [0.15, 0.2) is 0 Å². The average Bonchev–Trinajstić information content (AvgIpc) is 2.75. The summed E-state index contributed by atoms with van der Waals surface area (Å²) in [6.07, 6.45) is 3.72. The smallest absolute Gasteiger partial charge is 0.147 e. The Kier molecular flexibility index (Phi) is 5.62. The maximum atomic E-state index is 10.8. The quantitative estimate of drug-likeness (QED) is 0.442. The molecule has 0 unspecified atom stereocenters. The van der Waals surface area contributed by atoms with Gasteiger partial charge in [-0.3, -0.25) is 10.3 Å². The number of rotatable bonds is 5. The van der Waals surface area contributed by atoms with Gasteiger partial charge >= 0.3 is 0 Å². The number of pyridine rings is 1. The standard InChI is InChI=1S/C23H26N4O2/c1-16(19-7-3-4-8-20(19)28)25-26-21-12-11-17-9-10-18(23(29)22(17)24-21)15-27-13-5-2-6-14-27/h3-4,7-12,28-29H,2,5-6,13-15H2,1H3,(H,24,26)/b25-16-. The van der Waals surface area contributed by atoms with Crippen LogP contribution in [0, 0.1) is 0 Å². The van der Waals surface area contributed by atoms with Crippen molar-refractivity contribution >= 4 is 22.4 Å². The van der Waals surface area contributed by atoms with Crippen molar-refractivity contribution in [1.29, 1.82) is 0 Å². The van der Waals surface area contributed by atoms with Crippen LogP contribution in [0.4, 0.5) is 5.82 Å². The predicted octanol–water partition coefficient (Wildman–Crippen LogP) is 4.47. The number of anilines is 1. The zero-order chi connectivity index (χ0) is 20.2. The number of para-hydroxylation sites is 1. The molecule has 6 heteroatoms. The molecule has 1 saturated heterocycles. The lowest BCUT2D eigenvalue weighted by Crippen LogP contribution is -2.29. The molecule has 2 aromatic carbocycles. The SMILES string of the molecule is C/C(=N/Nc1ccc2ccc(CN3CCCCC3)c(O)c2n1)c1ccccc1O. The number of hydrazone groups is 1. The molecule has 3 N–H and O–H groups in total. The zero-order valence-corrected chi connectivity index (χ0v) is 16.6. The monoisotopic (exact) mass is 390 g/mol. The molecule has 0 bridgehead atoms. The van der Waals surface area contributed by atoms with E-state index in [0.29, 0.717) is 22.6 Å². The normalized spacial score (nSPS) is 15.6. The van der Waals surface area contributed by atoms with E-state index in [2.05, 4.69) is 20.4 Å². The van der Waals surface area contributed by atoms with Crippen LogP contribution < -0.4 is 5.43 Å². The van der Waals surface area contributed by atoms with Crippen molar-refractivity contribution in [3.8, 4) is 11.5 Å². The lowest BCUT2D eigenvalue weighted by Gasteiger charge is -2.26. The molecular weight excluding hydrogens is 364 g/mol. The van der Waals surface area contributed by atoms with Crippen LogP contribution in [-0.4, -0.2) is 38.9 Å². The highest BCUT2D eigenvalue weighted by Gasteiger charge is 2.15. The third-order valence-electron chi connectivity index (χ3n) is 5.39. The molecule has 4 rings (SSSR count). The van der Waals surface area contributed by atoms with Crippen LogP contribution in [-0.2, 0) is 6.54 Å². The number of hydrogen-bond acceptors (Lipinski definition) is 6. The number of likely N-dealkylation sites (tertiary alicyclic amines) is 1. The Morgan fingerprint density at radius 1 is 1.03 bits per heavy atom. The molecule has 150 valence electrons. The van der Waals surface area contributed by atoms with E-state index >= 15 is 0 Å². The van der Waals surface area contributed by atoms with Crippen LogP contribution in [0.15, 0.2) is 53.6 Å². The van der Waals surface area contributed by atoms with Crippen LogP contribution >= 0.6 is 0 Å². The van der Waals surface area contributed by atoms with E-state index in [0.717, 1.165) is 30.6 Å². The highest BCUT2D eigenvalue weighted by atomic mass is 16.3. The fourth-order valence-corrected chi connectivity index (χ4v) is 3.74. The summed E-state index contributed by atoms with van der Waals surface area (Å²) in [6.45, 7) is 4.71. The summed E-state index contributed by atoms with van der Waals surface area (Å²) in [5.41, 5.74) is 5.71. The fraction of sp³-hybridized carbons (Fsp3) is 0.304. The number of aromatic nitrogens is 1. The van der Waals surface area contributed by atoms with Gasteiger partial charge in [-0.25, -0.2) is 4.98 Å². The molecule has 1 aliphatic rings. The first-order chi connectivity index (χ1) is 14.1. The van der Waals surface area contributed by atoms with E-state index in [4.69, 9.17) is 0 Å². The van der Waals surface area contributed by atoms with Gasteiger partial charge in [0.25, 0.3) is 0 Å². The van der Waals surface area contributed by atoms with Gasteiger partial charge in [-0.2, -0.15) is 5.10 Å². The molecule has 3 aromatic rings. The summed E-state index contributed by atoms with van der Waals surface area (Å²) in [7, 11) is 0. The number of aromatic hydroxyl groups is 2. The van der Waals surface area contributed by atoms with E-state index in [1.807, 2.05) is 43.3 Å². The number of phenolic OH excluding ortho intramolecular Hbond substituents is 2. The second-order valence-corrected chi connectivity index (χ2v) is 7.50. The number of piperidine rings is 1. The maximum absolute atomic E-state index is 10.8. The molecule has 1 fully saturated rings. The van der Waals surface area contributed by atoms with Crippen LogP contribution in [0.5, 0.6) is 11.5 Å². The second kappa shape index (κ2) is 8.49. The largest absolute Gasteiger partial charge is 0.507 e. The molecule has 0 aliphatic carbocycles. The molecule has 0 atom stereocenters. The molecule has 29 heavy (non-hydrogen) atoms. The van der Waals surface area contributed by atoms with E-state index in [-0.39, 0.29) is 11.5 Å². The fourth-order valence-electron chi connectivity index (χ4n) is 3.74. The lowest BCUT2D eigenvalue weighted by atomic mass is 10.1. The Hall–Kier alpha value is -3.12. The van der Waals surface area contributed by atoms with Crippen molar-refractivity contribution in [2.75, 3.05) is 18.5 Å². The Balaban J connectivity index is 1.57. The number of hydrogen-bond donors (Lipinski definition) is 3. The zero-order valence-electron chi connectivity index (χ0n) is 16.6. The number of fused-ring (bicyclic) bond motifs is 1. The van der Waals surface area contributed by atoms with Gasteiger partial charge in [-0.05, 0) is 57.1 Å². The second-order valence-electron chi connectivity index (χ2n) is 7.50. The molecule has 0 saturated carbocycles. The van der Waals surface area contributed by atoms with Gasteiger partial charge in [-0.15, -0.1) is 0 Å². The molecule has 2 heterocycles. The van der Waals surface area contributed by atoms with Crippen LogP contribution in [0.25, 0.3) is 10.9 Å². The third-order valence-corrected chi connectivity index (χ3v) is 5.39. The van der Waals surface area contributed by atoms with Crippen LogP contribution in [0.3, 0.4) is 0 Å². The Morgan fingerprint density at radius 3 is 2.59 bits per heavy atom. The van der Waals surface area contributed by atoms with Crippen molar-refractivity contribution < 1.29 is 10.2 Å². The van der Waals surface area contributed by atoms with E-state index in [1.54, 1.807) is 12.1 Å². The first-order valence-corrected chi connectivity index (χ1v) is 10.0. The minimum absolute atomic E-state index is 0.182. The lowest BCUT2D eigenvalue weighted by molar-refractivity contribution is 0.218. The van der Waals surface area contributed by atoms with Gasteiger partial charge in [0.05, 0.1) is 5.71 Å². The van der Waals surface area contributed by atoms with Crippen LogP contribution in [0.2, 0.25) is 0 Å². The van der Waals surface area contributed by atoms with E-state index < -0.39 is 0 Å². The molecule has 0 radical (unpaired) electrons. The van der Waals surface area contributed by atoms with Crippen molar-refractivity contribution in [2.45, 2.75) is 32.7 Å². The summed E-state index contributed by atoms with van der Waals surface area (Å²) in [5, 5.41) is 26.0. The minimum atomic E-state index is 0.182. The Bertz CT molecular complexity index is 1040. The molecule has 6 nitrogen and oxygen atoms in total. The summed E-state index contributed by atoms with van der Waals surface area (Å²) >= 11 is 0. The van der Waals surface area contributed by atoms with Crippen molar-refractivity contribution in [2.24, 2.45) is 5.10 Å². The van der Waals surface area contributed by atoms with E-state index in [1.165, 1.54) is 19.3 Å².